The van der Waals surface area contributed by atoms with Crippen molar-refractivity contribution in [3.05, 3.63) is 0 Å². The summed E-state index contributed by atoms with van der Waals surface area (Å²) in [4.78, 5) is 0. The summed E-state index contributed by atoms with van der Waals surface area (Å²) in [7, 11) is 0. The third-order valence-electron chi connectivity index (χ3n) is 3.15. The largest absolute Gasteiger partial charge is 0.328 e. The molecular formula is C10H21N. The van der Waals surface area contributed by atoms with E-state index in [1.165, 1.54) is 25.7 Å². The van der Waals surface area contributed by atoms with E-state index < -0.39 is 0 Å². The lowest BCUT2D eigenvalue weighted by molar-refractivity contribution is 0.201. The van der Waals surface area contributed by atoms with Crippen molar-refractivity contribution in [2.24, 2.45) is 17.6 Å². The van der Waals surface area contributed by atoms with Crippen LogP contribution in [0.4, 0.5) is 0 Å². The van der Waals surface area contributed by atoms with Crippen molar-refractivity contribution >= 4 is 0 Å². The van der Waals surface area contributed by atoms with E-state index >= 15 is 0 Å². The molecule has 1 nitrogen and oxygen atoms in total. The predicted molar refractivity (Wildman–Crippen MR) is 49.4 cm³/mol. The van der Waals surface area contributed by atoms with Gasteiger partial charge >= 0.3 is 0 Å². The van der Waals surface area contributed by atoms with E-state index in [-0.39, 0.29) is 0 Å². The molecule has 1 fully saturated rings. The van der Waals surface area contributed by atoms with Gasteiger partial charge in [0.15, 0.2) is 0 Å². The van der Waals surface area contributed by atoms with Gasteiger partial charge in [0.25, 0.3) is 0 Å². The molecule has 2 N–H and O–H groups in total. The maximum absolute atomic E-state index is 5.89. The quantitative estimate of drug-likeness (QED) is 0.663. The Labute approximate surface area is 70.4 Å². The van der Waals surface area contributed by atoms with E-state index in [2.05, 4.69) is 13.8 Å². The minimum absolute atomic E-state index is 0.450. The average Bonchev–Trinajstić information content (AvgIpc) is 1.83. The van der Waals surface area contributed by atoms with E-state index in [9.17, 15) is 0 Å². The van der Waals surface area contributed by atoms with Crippen LogP contribution in [0.25, 0.3) is 0 Å². The Morgan fingerprint density at radius 2 is 2.09 bits per heavy atom. The second-order valence-corrected chi connectivity index (χ2v) is 4.07. The third kappa shape index (κ3) is 2.48. The molecule has 0 amide bonds. The van der Waals surface area contributed by atoms with Gasteiger partial charge in [-0.3, -0.25) is 0 Å². The monoisotopic (exact) mass is 155 g/mol. The standard InChI is InChI=1S/C10H21N/c1-3-10(11)7-8(2)9-5-4-6-9/h8-10H,3-7,11H2,1-2H3. The van der Waals surface area contributed by atoms with Gasteiger partial charge in [-0.2, -0.15) is 0 Å². The molecule has 1 rings (SSSR count). The number of hydrogen-bond donors (Lipinski definition) is 1. The number of hydrogen-bond acceptors (Lipinski definition) is 1. The van der Waals surface area contributed by atoms with Crippen molar-refractivity contribution in [2.75, 3.05) is 0 Å². The van der Waals surface area contributed by atoms with Crippen molar-refractivity contribution < 1.29 is 0 Å². The molecule has 1 heteroatoms. The van der Waals surface area contributed by atoms with E-state index in [0.29, 0.717) is 6.04 Å². The highest BCUT2D eigenvalue weighted by molar-refractivity contribution is 4.77. The molecule has 0 aromatic heterocycles. The molecule has 0 aromatic rings. The Bertz CT molecular complexity index is 107. The number of rotatable bonds is 4. The van der Waals surface area contributed by atoms with Crippen molar-refractivity contribution in [2.45, 2.75) is 52.0 Å². The molecule has 0 saturated heterocycles. The second kappa shape index (κ2) is 4.10. The smallest absolute Gasteiger partial charge is 0.00388 e. The molecule has 0 spiro atoms. The summed E-state index contributed by atoms with van der Waals surface area (Å²) in [6, 6.07) is 0.450. The first-order valence-corrected chi connectivity index (χ1v) is 4.99. The molecule has 66 valence electrons. The van der Waals surface area contributed by atoms with Crippen LogP contribution in [0.5, 0.6) is 0 Å². The van der Waals surface area contributed by atoms with Gasteiger partial charge in [0.2, 0.25) is 0 Å². The van der Waals surface area contributed by atoms with Crippen LogP contribution in [-0.4, -0.2) is 6.04 Å². The average molecular weight is 155 g/mol. The minimum Gasteiger partial charge on any atom is -0.328 e. The van der Waals surface area contributed by atoms with E-state index in [4.69, 9.17) is 5.73 Å². The molecule has 1 aliphatic carbocycles. The van der Waals surface area contributed by atoms with Crippen molar-refractivity contribution in [3.8, 4) is 0 Å². The van der Waals surface area contributed by atoms with Crippen LogP contribution in [0.1, 0.15) is 46.0 Å². The lowest BCUT2D eigenvalue weighted by Crippen LogP contribution is -2.27. The van der Waals surface area contributed by atoms with Crippen LogP contribution >= 0.6 is 0 Å². The summed E-state index contributed by atoms with van der Waals surface area (Å²) in [5.41, 5.74) is 5.89. The molecule has 0 radical (unpaired) electrons. The van der Waals surface area contributed by atoms with Crippen molar-refractivity contribution in [1.29, 1.82) is 0 Å². The van der Waals surface area contributed by atoms with Crippen LogP contribution in [0, 0.1) is 11.8 Å². The molecule has 1 saturated carbocycles. The van der Waals surface area contributed by atoms with Crippen molar-refractivity contribution in [1.82, 2.24) is 0 Å². The first-order valence-electron chi connectivity index (χ1n) is 4.99. The summed E-state index contributed by atoms with van der Waals surface area (Å²) in [5.74, 6) is 1.88. The zero-order valence-electron chi connectivity index (χ0n) is 7.84. The Morgan fingerprint density at radius 1 is 1.45 bits per heavy atom. The third-order valence-corrected chi connectivity index (χ3v) is 3.15. The number of nitrogens with two attached hydrogens (primary N) is 1. The van der Waals surface area contributed by atoms with Gasteiger partial charge in [-0.15, -0.1) is 0 Å². The topological polar surface area (TPSA) is 26.0 Å². The zero-order chi connectivity index (χ0) is 8.27. The Kier molecular flexibility index (Phi) is 3.38. The van der Waals surface area contributed by atoms with Gasteiger partial charge in [0, 0.05) is 6.04 Å². The first kappa shape index (κ1) is 9.05. The molecule has 2 atom stereocenters. The fourth-order valence-electron chi connectivity index (χ4n) is 1.85. The van der Waals surface area contributed by atoms with Gasteiger partial charge in [-0.1, -0.05) is 33.1 Å². The van der Waals surface area contributed by atoms with Crippen LogP contribution in [-0.2, 0) is 0 Å². The lowest BCUT2D eigenvalue weighted by atomic mass is 9.74. The summed E-state index contributed by atoms with van der Waals surface area (Å²) in [6.45, 7) is 4.54. The van der Waals surface area contributed by atoms with Gasteiger partial charge in [0.05, 0.1) is 0 Å². The van der Waals surface area contributed by atoms with Crippen LogP contribution < -0.4 is 5.73 Å². The predicted octanol–water partition coefficient (Wildman–Crippen LogP) is 2.55. The first-order chi connectivity index (χ1) is 5.24. The van der Waals surface area contributed by atoms with Crippen LogP contribution in [0.15, 0.2) is 0 Å². The second-order valence-electron chi connectivity index (χ2n) is 4.07. The van der Waals surface area contributed by atoms with Gasteiger partial charge < -0.3 is 5.73 Å². The Balaban J connectivity index is 2.13. The van der Waals surface area contributed by atoms with Crippen LogP contribution in [0.3, 0.4) is 0 Å². The SMILES string of the molecule is CCC(N)CC(C)C1CCC1. The highest BCUT2D eigenvalue weighted by Gasteiger charge is 2.24. The maximum Gasteiger partial charge on any atom is 0.00388 e. The molecule has 0 aliphatic heterocycles. The van der Waals surface area contributed by atoms with E-state index in [1.807, 2.05) is 0 Å². The minimum atomic E-state index is 0.450. The normalized spacial score (nSPS) is 24.3. The van der Waals surface area contributed by atoms with Gasteiger partial charge in [-0.25, -0.2) is 0 Å². The summed E-state index contributed by atoms with van der Waals surface area (Å²) < 4.78 is 0. The molecule has 0 bridgehead atoms. The Morgan fingerprint density at radius 3 is 2.45 bits per heavy atom. The molecular weight excluding hydrogens is 134 g/mol. The molecule has 2 unspecified atom stereocenters. The van der Waals surface area contributed by atoms with Gasteiger partial charge in [-0.05, 0) is 24.7 Å². The molecule has 1 aliphatic rings. The van der Waals surface area contributed by atoms with E-state index in [1.54, 1.807) is 0 Å². The Hall–Kier alpha value is -0.0400. The molecule has 11 heavy (non-hydrogen) atoms. The molecule has 0 heterocycles. The summed E-state index contributed by atoms with van der Waals surface area (Å²) >= 11 is 0. The summed E-state index contributed by atoms with van der Waals surface area (Å²) in [5, 5.41) is 0. The fraction of sp³-hybridized carbons (Fsp3) is 1.00. The zero-order valence-corrected chi connectivity index (χ0v) is 7.84. The molecule has 0 aromatic carbocycles. The van der Waals surface area contributed by atoms with Gasteiger partial charge in [0.1, 0.15) is 0 Å². The van der Waals surface area contributed by atoms with Crippen molar-refractivity contribution in [3.63, 3.8) is 0 Å². The van der Waals surface area contributed by atoms with E-state index in [0.717, 1.165) is 18.3 Å². The fourth-order valence-corrected chi connectivity index (χ4v) is 1.85. The highest BCUT2D eigenvalue weighted by atomic mass is 14.6. The maximum atomic E-state index is 5.89. The highest BCUT2D eigenvalue weighted by Crippen LogP contribution is 2.35. The summed E-state index contributed by atoms with van der Waals surface area (Å²) in [6.07, 6.45) is 6.74. The van der Waals surface area contributed by atoms with Crippen LogP contribution in [0.2, 0.25) is 0 Å². The lowest BCUT2D eigenvalue weighted by Gasteiger charge is -2.32.